The minimum absolute atomic E-state index is 0.661. The summed E-state index contributed by atoms with van der Waals surface area (Å²) in [6.45, 7) is 4.79. The first kappa shape index (κ1) is 20.6. The van der Waals surface area contributed by atoms with Gasteiger partial charge in [0.1, 0.15) is 5.76 Å². The van der Waals surface area contributed by atoms with Gasteiger partial charge in [0.05, 0.1) is 20.5 Å². The van der Waals surface area contributed by atoms with Gasteiger partial charge >= 0.3 is 0 Å². The van der Waals surface area contributed by atoms with E-state index in [2.05, 4.69) is 15.6 Å². The minimum atomic E-state index is 0.661. The molecule has 7 nitrogen and oxygen atoms in total. The van der Waals surface area contributed by atoms with E-state index in [0.29, 0.717) is 37.2 Å². The predicted molar refractivity (Wildman–Crippen MR) is 107 cm³/mol. The molecular formula is C20H29N3O4. The van der Waals surface area contributed by atoms with E-state index < -0.39 is 0 Å². The minimum Gasteiger partial charge on any atom is -0.493 e. The molecule has 0 radical (unpaired) electrons. The van der Waals surface area contributed by atoms with E-state index in [4.69, 9.17) is 18.6 Å². The lowest BCUT2D eigenvalue weighted by atomic mass is 10.2. The molecule has 0 amide bonds. The van der Waals surface area contributed by atoms with Crippen molar-refractivity contribution in [2.24, 2.45) is 4.99 Å². The highest BCUT2D eigenvalue weighted by Gasteiger charge is 2.07. The Balaban J connectivity index is 1.98. The molecule has 0 fully saturated rings. The molecule has 0 aliphatic carbocycles. The third-order valence-electron chi connectivity index (χ3n) is 3.81. The highest BCUT2D eigenvalue weighted by Crippen LogP contribution is 2.29. The number of methoxy groups -OCH3 is 2. The van der Waals surface area contributed by atoms with Crippen LogP contribution in [0.25, 0.3) is 0 Å². The monoisotopic (exact) mass is 375 g/mol. The molecule has 7 heteroatoms. The van der Waals surface area contributed by atoms with Crippen LogP contribution in [0.4, 0.5) is 5.69 Å². The van der Waals surface area contributed by atoms with Gasteiger partial charge in [-0.15, -0.1) is 0 Å². The molecule has 0 spiro atoms. The Bertz CT molecular complexity index is 687. The van der Waals surface area contributed by atoms with Crippen molar-refractivity contribution in [3.8, 4) is 11.5 Å². The van der Waals surface area contributed by atoms with E-state index in [1.165, 1.54) is 0 Å². The van der Waals surface area contributed by atoms with Crippen molar-refractivity contribution in [1.29, 1.82) is 0 Å². The molecule has 1 heterocycles. The maximum Gasteiger partial charge on any atom is 0.195 e. The van der Waals surface area contributed by atoms with Gasteiger partial charge in [0.25, 0.3) is 0 Å². The number of nitrogens with one attached hydrogen (secondary N) is 2. The molecular weight excluding hydrogens is 346 g/mol. The first-order chi connectivity index (χ1) is 13.3. The van der Waals surface area contributed by atoms with Gasteiger partial charge in [-0.25, -0.2) is 0 Å². The van der Waals surface area contributed by atoms with E-state index >= 15 is 0 Å². The standard InChI is InChI=1S/C20H29N3O4/c1-4-26-13-6-11-21-20(22-12-10-17-7-5-14-27-17)23-16-8-9-18(24-2)19(15-16)25-3/h5,7-9,14-15H,4,6,10-13H2,1-3H3,(H2,21,22,23). The van der Waals surface area contributed by atoms with Gasteiger partial charge in [-0.05, 0) is 37.6 Å². The van der Waals surface area contributed by atoms with E-state index in [-0.39, 0.29) is 0 Å². The third kappa shape index (κ3) is 7.22. The van der Waals surface area contributed by atoms with E-state index in [0.717, 1.165) is 30.9 Å². The molecule has 0 aliphatic rings. The molecule has 1 aromatic heterocycles. The summed E-state index contributed by atoms with van der Waals surface area (Å²) in [5.41, 5.74) is 0.863. The maximum atomic E-state index is 5.37. The van der Waals surface area contributed by atoms with Gasteiger partial charge in [-0.3, -0.25) is 4.99 Å². The Kier molecular flexibility index (Phi) is 9.06. The van der Waals surface area contributed by atoms with Gasteiger partial charge in [-0.2, -0.15) is 0 Å². The van der Waals surface area contributed by atoms with Crippen LogP contribution in [0, 0.1) is 0 Å². The van der Waals surface area contributed by atoms with Crippen LogP contribution in [0.15, 0.2) is 46.0 Å². The molecule has 2 rings (SSSR count). The summed E-state index contributed by atoms with van der Waals surface area (Å²) < 4.78 is 21.4. The fourth-order valence-corrected chi connectivity index (χ4v) is 2.45. The first-order valence-corrected chi connectivity index (χ1v) is 9.14. The molecule has 0 saturated heterocycles. The van der Waals surface area contributed by atoms with Crippen molar-refractivity contribution in [3.63, 3.8) is 0 Å². The smallest absolute Gasteiger partial charge is 0.195 e. The summed E-state index contributed by atoms with van der Waals surface area (Å²) in [6, 6.07) is 9.51. The normalized spacial score (nSPS) is 11.3. The number of guanidine groups is 1. The highest BCUT2D eigenvalue weighted by molar-refractivity contribution is 5.93. The van der Waals surface area contributed by atoms with Gasteiger partial charge in [0.15, 0.2) is 17.5 Å². The second-order valence-electron chi connectivity index (χ2n) is 5.73. The van der Waals surface area contributed by atoms with Gasteiger partial charge < -0.3 is 29.3 Å². The number of furan rings is 1. The Morgan fingerprint density at radius 1 is 1.15 bits per heavy atom. The topological polar surface area (TPSA) is 77.2 Å². The number of benzene rings is 1. The van der Waals surface area contributed by atoms with Crippen LogP contribution in [0.2, 0.25) is 0 Å². The summed E-state index contributed by atoms with van der Waals surface area (Å²) in [6.07, 6.45) is 3.32. The quantitative estimate of drug-likeness (QED) is 0.356. The summed E-state index contributed by atoms with van der Waals surface area (Å²) in [5, 5.41) is 6.64. The number of hydrogen-bond donors (Lipinski definition) is 2. The van der Waals surface area contributed by atoms with E-state index in [9.17, 15) is 0 Å². The molecule has 148 valence electrons. The number of nitrogens with zero attached hydrogens (tertiary/aromatic N) is 1. The maximum absolute atomic E-state index is 5.37. The summed E-state index contributed by atoms with van der Waals surface area (Å²) in [5.74, 6) is 2.98. The van der Waals surface area contributed by atoms with Crippen molar-refractivity contribution in [2.75, 3.05) is 45.8 Å². The number of anilines is 1. The number of hydrogen-bond acceptors (Lipinski definition) is 5. The summed E-state index contributed by atoms with van der Waals surface area (Å²) >= 11 is 0. The highest BCUT2D eigenvalue weighted by atomic mass is 16.5. The van der Waals surface area contributed by atoms with Crippen LogP contribution in [-0.2, 0) is 11.2 Å². The summed E-state index contributed by atoms with van der Waals surface area (Å²) in [7, 11) is 3.23. The van der Waals surface area contributed by atoms with Crippen LogP contribution in [0.3, 0.4) is 0 Å². The summed E-state index contributed by atoms with van der Waals surface area (Å²) in [4.78, 5) is 4.62. The second-order valence-corrected chi connectivity index (χ2v) is 5.73. The Morgan fingerprint density at radius 2 is 2.00 bits per heavy atom. The van der Waals surface area contributed by atoms with Crippen LogP contribution in [0.5, 0.6) is 11.5 Å². The Labute approximate surface area is 160 Å². The fourth-order valence-electron chi connectivity index (χ4n) is 2.45. The average molecular weight is 375 g/mol. The first-order valence-electron chi connectivity index (χ1n) is 9.14. The van der Waals surface area contributed by atoms with Crippen molar-refractivity contribution in [3.05, 3.63) is 42.4 Å². The van der Waals surface area contributed by atoms with Crippen molar-refractivity contribution >= 4 is 11.6 Å². The van der Waals surface area contributed by atoms with Crippen LogP contribution >= 0.6 is 0 Å². The third-order valence-corrected chi connectivity index (χ3v) is 3.81. The second kappa shape index (κ2) is 11.9. The molecule has 0 unspecified atom stereocenters. The molecule has 0 aliphatic heterocycles. The van der Waals surface area contributed by atoms with Gasteiger partial charge in [0, 0.05) is 44.5 Å². The Morgan fingerprint density at radius 3 is 2.70 bits per heavy atom. The van der Waals surface area contributed by atoms with Gasteiger partial charge in [0.2, 0.25) is 0 Å². The molecule has 0 saturated carbocycles. The zero-order valence-electron chi connectivity index (χ0n) is 16.3. The van der Waals surface area contributed by atoms with Gasteiger partial charge in [-0.1, -0.05) is 0 Å². The predicted octanol–water partition coefficient (Wildman–Crippen LogP) is 3.32. The lowest BCUT2D eigenvalue weighted by Gasteiger charge is -2.14. The molecule has 0 atom stereocenters. The molecule has 1 aromatic carbocycles. The number of ether oxygens (including phenoxy) is 3. The molecule has 2 aromatic rings. The van der Waals surface area contributed by atoms with Crippen molar-refractivity contribution < 1.29 is 18.6 Å². The largest absolute Gasteiger partial charge is 0.493 e. The molecule has 27 heavy (non-hydrogen) atoms. The van der Waals surface area contributed by atoms with Crippen molar-refractivity contribution in [2.45, 2.75) is 19.8 Å². The number of aliphatic imine (C=N–C) groups is 1. The SMILES string of the molecule is CCOCCCN=C(NCCc1ccco1)Nc1ccc(OC)c(OC)c1. The van der Waals surface area contributed by atoms with Crippen molar-refractivity contribution in [1.82, 2.24) is 5.32 Å². The molecule has 2 N–H and O–H groups in total. The van der Waals surface area contributed by atoms with E-state index in [1.54, 1.807) is 20.5 Å². The number of rotatable bonds is 11. The average Bonchev–Trinajstić information content (AvgIpc) is 3.21. The lowest BCUT2D eigenvalue weighted by molar-refractivity contribution is 0.146. The zero-order valence-corrected chi connectivity index (χ0v) is 16.3. The fraction of sp³-hybridized carbons (Fsp3) is 0.450. The van der Waals surface area contributed by atoms with Crippen LogP contribution in [0.1, 0.15) is 19.1 Å². The van der Waals surface area contributed by atoms with E-state index in [1.807, 2.05) is 37.3 Å². The molecule has 0 bridgehead atoms. The van der Waals surface area contributed by atoms with Crippen LogP contribution in [-0.4, -0.2) is 46.5 Å². The lowest BCUT2D eigenvalue weighted by Crippen LogP contribution is -2.32. The zero-order chi connectivity index (χ0) is 19.3. The Hall–Kier alpha value is -2.67. The van der Waals surface area contributed by atoms with Crippen LogP contribution < -0.4 is 20.1 Å².